The summed E-state index contributed by atoms with van der Waals surface area (Å²) in [7, 11) is 0. The zero-order valence-electron chi connectivity index (χ0n) is 13.7. The van der Waals surface area contributed by atoms with Crippen molar-refractivity contribution in [3.8, 4) is 0 Å². The van der Waals surface area contributed by atoms with Crippen molar-refractivity contribution in [1.82, 2.24) is 4.90 Å². The van der Waals surface area contributed by atoms with Gasteiger partial charge in [-0.1, -0.05) is 19.3 Å². The van der Waals surface area contributed by atoms with Gasteiger partial charge in [-0.2, -0.15) is 0 Å². The van der Waals surface area contributed by atoms with Gasteiger partial charge < -0.3 is 16.4 Å². The van der Waals surface area contributed by atoms with Gasteiger partial charge in [-0.25, -0.2) is 0 Å². The molecule has 21 heavy (non-hydrogen) atoms. The van der Waals surface area contributed by atoms with Gasteiger partial charge in [0.2, 0.25) is 5.91 Å². The first-order chi connectivity index (χ1) is 9.94. The fraction of sp³-hybridized carbons (Fsp3) is 0.941. The van der Waals surface area contributed by atoms with Crippen LogP contribution in [0.2, 0.25) is 0 Å². The molecule has 0 aromatic carbocycles. The smallest absolute Gasteiger partial charge is 0.237 e. The van der Waals surface area contributed by atoms with Crippen molar-refractivity contribution in [2.24, 2.45) is 16.9 Å². The number of piperidine rings is 1. The summed E-state index contributed by atoms with van der Waals surface area (Å²) in [5, 5.41) is 0. The van der Waals surface area contributed by atoms with E-state index in [9.17, 15) is 4.79 Å². The number of amides is 1. The minimum atomic E-state index is -0.839. The zero-order chi connectivity index (χ0) is 15.3. The molecule has 1 unspecified atom stereocenters. The lowest BCUT2D eigenvalue weighted by molar-refractivity contribution is -0.122. The lowest BCUT2D eigenvalue weighted by atomic mass is 9.68. The normalized spacial score (nSPS) is 25.6. The molecule has 1 saturated carbocycles. The number of carbonyl (C=O) groups is 1. The van der Waals surface area contributed by atoms with Crippen LogP contribution in [0.3, 0.4) is 0 Å². The summed E-state index contributed by atoms with van der Waals surface area (Å²) >= 11 is 0. The molecule has 1 saturated heterocycles. The third kappa shape index (κ3) is 4.68. The molecule has 4 nitrogen and oxygen atoms in total. The largest absolute Gasteiger partial charge is 0.368 e. The fourth-order valence-corrected chi connectivity index (χ4v) is 4.00. The molecule has 1 atom stereocenters. The van der Waals surface area contributed by atoms with E-state index < -0.39 is 5.54 Å². The second-order valence-electron chi connectivity index (χ2n) is 7.64. The van der Waals surface area contributed by atoms with Crippen LogP contribution in [0.5, 0.6) is 0 Å². The van der Waals surface area contributed by atoms with Crippen LogP contribution in [0, 0.1) is 5.41 Å². The van der Waals surface area contributed by atoms with E-state index >= 15 is 0 Å². The Morgan fingerprint density at radius 2 is 1.71 bits per heavy atom. The third-order valence-corrected chi connectivity index (χ3v) is 5.81. The lowest BCUT2D eigenvalue weighted by Gasteiger charge is -2.44. The third-order valence-electron chi connectivity index (χ3n) is 5.81. The quantitative estimate of drug-likeness (QED) is 0.739. The first-order valence-corrected chi connectivity index (χ1v) is 8.75. The van der Waals surface area contributed by atoms with Crippen molar-refractivity contribution < 1.29 is 4.79 Å². The summed E-state index contributed by atoms with van der Waals surface area (Å²) in [4.78, 5) is 13.8. The van der Waals surface area contributed by atoms with Gasteiger partial charge >= 0.3 is 0 Å². The number of nitrogens with zero attached hydrogens (tertiary/aromatic N) is 1. The molecule has 4 N–H and O–H groups in total. The number of likely N-dealkylation sites (tertiary alicyclic amines) is 1. The molecule has 1 amide bonds. The summed E-state index contributed by atoms with van der Waals surface area (Å²) in [6, 6.07) is 0. The highest BCUT2D eigenvalue weighted by atomic mass is 16.1. The van der Waals surface area contributed by atoms with Crippen molar-refractivity contribution in [2.75, 3.05) is 19.6 Å². The van der Waals surface area contributed by atoms with Crippen LogP contribution in [-0.2, 0) is 4.79 Å². The van der Waals surface area contributed by atoms with Gasteiger partial charge in [0.1, 0.15) is 0 Å². The number of unbranched alkanes of at least 4 members (excludes halogenated alkanes) is 1. The summed E-state index contributed by atoms with van der Waals surface area (Å²) in [6.07, 6.45) is 12.8. The molecule has 4 heteroatoms. The summed E-state index contributed by atoms with van der Waals surface area (Å²) in [5.41, 5.74) is 11.0. The maximum absolute atomic E-state index is 11.2. The lowest BCUT2D eigenvalue weighted by Crippen LogP contribution is -2.49. The molecule has 0 aromatic heterocycles. The van der Waals surface area contributed by atoms with Gasteiger partial charge in [0.05, 0.1) is 5.54 Å². The Kier molecular flexibility index (Phi) is 5.67. The minimum Gasteiger partial charge on any atom is -0.368 e. The number of hydrogen-bond donors (Lipinski definition) is 2. The Balaban J connectivity index is 1.62. The van der Waals surface area contributed by atoms with E-state index in [-0.39, 0.29) is 5.91 Å². The molecule has 2 fully saturated rings. The van der Waals surface area contributed by atoms with Crippen molar-refractivity contribution in [3.05, 3.63) is 0 Å². The zero-order valence-corrected chi connectivity index (χ0v) is 13.7. The highest BCUT2D eigenvalue weighted by Gasteiger charge is 2.35. The van der Waals surface area contributed by atoms with Crippen LogP contribution in [0.4, 0.5) is 0 Å². The van der Waals surface area contributed by atoms with Crippen molar-refractivity contribution >= 4 is 5.91 Å². The topological polar surface area (TPSA) is 72.3 Å². The molecule has 0 bridgehead atoms. The highest BCUT2D eigenvalue weighted by molar-refractivity contribution is 5.83. The maximum Gasteiger partial charge on any atom is 0.237 e. The van der Waals surface area contributed by atoms with E-state index in [1.807, 2.05) is 0 Å². The molecule has 2 rings (SSSR count). The van der Waals surface area contributed by atoms with Crippen molar-refractivity contribution in [1.29, 1.82) is 0 Å². The predicted molar refractivity (Wildman–Crippen MR) is 86.8 cm³/mol. The number of nitrogens with two attached hydrogens (primary N) is 2. The van der Waals surface area contributed by atoms with Crippen molar-refractivity contribution in [2.45, 2.75) is 76.7 Å². The summed E-state index contributed by atoms with van der Waals surface area (Å²) < 4.78 is 0. The van der Waals surface area contributed by atoms with Gasteiger partial charge in [0.15, 0.2) is 0 Å². The molecular formula is C17H33N3O. The Morgan fingerprint density at radius 3 is 2.29 bits per heavy atom. The molecule has 1 aliphatic heterocycles. The maximum atomic E-state index is 11.2. The highest BCUT2D eigenvalue weighted by Crippen LogP contribution is 2.44. The molecule has 1 aliphatic carbocycles. The number of primary amides is 1. The van der Waals surface area contributed by atoms with E-state index in [0.717, 1.165) is 19.4 Å². The van der Waals surface area contributed by atoms with Crippen LogP contribution in [0.1, 0.15) is 71.1 Å². The fourth-order valence-electron chi connectivity index (χ4n) is 4.00. The second-order valence-corrected chi connectivity index (χ2v) is 7.64. The first kappa shape index (κ1) is 16.8. The Bertz CT molecular complexity index is 338. The second kappa shape index (κ2) is 7.10. The van der Waals surface area contributed by atoms with E-state index in [1.54, 1.807) is 6.92 Å². The number of rotatable bonds is 6. The molecule has 0 radical (unpaired) electrons. The van der Waals surface area contributed by atoms with E-state index in [4.69, 9.17) is 11.5 Å². The van der Waals surface area contributed by atoms with Crippen LogP contribution in [-0.4, -0.2) is 36.0 Å². The average Bonchev–Trinajstić information content (AvgIpc) is 2.46. The Hall–Kier alpha value is -0.610. The van der Waals surface area contributed by atoms with Gasteiger partial charge in [0, 0.05) is 0 Å². The molecule has 0 aromatic rings. The molecule has 2 aliphatic rings. The van der Waals surface area contributed by atoms with Crippen LogP contribution in [0.25, 0.3) is 0 Å². The summed E-state index contributed by atoms with van der Waals surface area (Å²) in [5.74, 6) is -0.389. The standard InChI is InChI=1S/C17H33N3O/c1-16(19,15(18)21)7-5-6-12-20-13-10-17(11-14-20)8-3-2-4-9-17/h2-14,19H2,1H3,(H2,18,21). The Morgan fingerprint density at radius 1 is 1.10 bits per heavy atom. The number of carbonyl (C=O) groups excluding carboxylic acids is 1. The van der Waals surface area contributed by atoms with Crippen molar-refractivity contribution in [3.63, 3.8) is 0 Å². The van der Waals surface area contributed by atoms with Gasteiger partial charge in [-0.15, -0.1) is 0 Å². The molecule has 1 spiro atoms. The Labute approximate surface area is 129 Å². The van der Waals surface area contributed by atoms with E-state index in [2.05, 4.69) is 4.90 Å². The van der Waals surface area contributed by atoms with E-state index in [0.29, 0.717) is 11.8 Å². The average molecular weight is 295 g/mol. The minimum absolute atomic E-state index is 0.389. The van der Waals surface area contributed by atoms with Crippen LogP contribution >= 0.6 is 0 Å². The monoisotopic (exact) mass is 295 g/mol. The van der Waals surface area contributed by atoms with Crippen LogP contribution in [0.15, 0.2) is 0 Å². The van der Waals surface area contributed by atoms with Crippen LogP contribution < -0.4 is 11.5 Å². The SMILES string of the molecule is CC(N)(CCCCN1CCC2(CCCCC2)CC1)C(N)=O. The summed E-state index contributed by atoms with van der Waals surface area (Å²) in [6.45, 7) is 5.40. The predicted octanol–water partition coefficient (Wildman–Crippen LogP) is 2.41. The first-order valence-electron chi connectivity index (χ1n) is 8.75. The van der Waals surface area contributed by atoms with E-state index in [1.165, 1.54) is 58.0 Å². The van der Waals surface area contributed by atoms with Gasteiger partial charge in [-0.05, 0) is 76.9 Å². The van der Waals surface area contributed by atoms with Gasteiger partial charge in [0.25, 0.3) is 0 Å². The molecule has 122 valence electrons. The molecular weight excluding hydrogens is 262 g/mol. The van der Waals surface area contributed by atoms with Gasteiger partial charge in [-0.3, -0.25) is 4.79 Å². The number of hydrogen-bond acceptors (Lipinski definition) is 3. The molecule has 1 heterocycles.